The van der Waals surface area contributed by atoms with Crippen molar-refractivity contribution in [2.45, 2.75) is 6.42 Å². The molecule has 1 fully saturated rings. The molecule has 0 aromatic heterocycles. The molecule has 2 rings (SSSR count). The summed E-state index contributed by atoms with van der Waals surface area (Å²) in [5, 5.41) is 10.5. The average molecular weight is 284 g/mol. The minimum Gasteiger partial charge on any atom is -0.380 e. The molecule has 0 N–H and O–H groups in total. The fourth-order valence-corrected chi connectivity index (χ4v) is 2.14. The van der Waals surface area contributed by atoms with Crippen molar-refractivity contribution in [1.82, 2.24) is 0 Å². The van der Waals surface area contributed by atoms with E-state index in [-0.39, 0.29) is 35.1 Å². The molecule has 0 amide bonds. The number of Topliss-reactive ketones (excluding diaryl/α,β-unsaturated/α-hetero) is 2. The van der Waals surface area contributed by atoms with E-state index in [0.29, 0.717) is 6.61 Å². The zero-order valence-electron chi connectivity index (χ0n) is 9.80. The van der Waals surface area contributed by atoms with Crippen LogP contribution in [-0.2, 0) is 9.53 Å². The van der Waals surface area contributed by atoms with E-state index in [1.807, 2.05) is 0 Å². The van der Waals surface area contributed by atoms with Crippen molar-refractivity contribution in [3.05, 3.63) is 38.9 Å². The molecule has 0 radical (unpaired) electrons. The summed E-state index contributed by atoms with van der Waals surface area (Å²) >= 11 is 5.86. The zero-order chi connectivity index (χ0) is 14.0. The van der Waals surface area contributed by atoms with Gasteiger partial charge in [0.25, 0.3) is 5.69 Å². The Balaban J connectivity index is 2.28. The number of rotatable bonds is 3. The van der Waals surface area contributed by atoms with E-state index < -0.39 is 16.6 Å². The Morgan fingerprint density at radius 3 is 2.79 bits per heavy atom. The summed E-state index contributed by atoms with van der Waals surface area (Å²) in [6.45, 7) is 0.349. The SMILES string of the molecule is O=C1CCOCC1C(=O)c1ccc([N+](=O)[O-])cc1Cl. The number of halogens is 1. The van der Waals surface area contributed by atoms with E-state index in [2.05, 4.69) is 0 Å². The number of carbonyl (C=O) groups is 2. The summed E-state index contributed by atoms with van der Waals surface area (Å²) in [4.78, 5) is 33.8. The molecular formula is C12H10ClNO5. The Bertz CT molecular complexity index is 557. The summed E-state index contributed by atoms with van der Waals surface area (Å²) in [5.41, 5.74) is -0.0936. The second kappa shape index (κ2) is 5.46. The first-order chi connectivity index (χ1) is 9.00. The topological polar surface area (TPSA) is 86.5 Å². The molecule has 1 saturated heterocycles. The third kappa shape index (κ3) is 2.80. The number of hydrogen-bond donors (Lipinski definition) is 0. The van der Waals surface area contributed by atoms with Crippen LogP contribution in [0.15, 0.2) is 18.2 Å². The van der Waals surface area contributed by atoms with Crippen LogP contribution in [0, 0.1) is 16.0 Å². The largest absolute Gasteiger partial charge is 0.380 e. The number of hydrogen-bond acceptors (Lipinski definition) is 5. The normalized spacial score (nSPS) is 19.2. The van der Waals surface area contributed by atoms with Crippen LogP contribution >= 0.6 is 11.6 Å². The Kier molecular flexibility index (Phi) is 3.92. The van der Waals surface area contributed by atoms with Crippen LogP contribution in [-0.4, -0.2) is 29.7 Å². The molecule has 7 heteroatoms. The standard InChI is InChI=1S/C12H10ClNO5/c13-10-5-7(14(17)18)1-2-8(10)12(16)9-6-19-4-3-11(9)15/h1-2,5,9H,3-4,6H2. The lowest BCUT2D eigenvalue weighted by Crippen LogP contribution is -2.34. The summed E-state index contributed by atoms with van der Waals surface area (Å²) in [7, 11) is 0. The van der Waals surface area contributed by atoms with Crippen LogP contribution in [0.4, 0.5) is 5.69 Å². The van der Waals surface area contributed by atoms with Gasteiger partial charge in [0.2, 0.25) is 0 Å². The van der Waals surface area contributed by atoms with Crippen molar-refractivity contribution < 1.29 is 19.2 Å². The number of ether oxygens (including phenoxy) is 1. The number of non-ortho nitro benzene ring substituents is 1. The Hall–Kier alpha value is -1.79. The average Bonchev–Trinajstić information content (AvgIpc) is 2.38. The molecule has 0 spiro atoms. The van der Waals surface area contributed by atoms with E-state index >= 15 is 0 Å². The van der Waals surface area contributed by atoms with E-state index in [0.717, 1.165) is 6.07 Å². The van der Waals surface area contributed by atoms with E-state index in [4.69, 9.17) is 16.3 Å². The lowest BCUT2D eigenvalue weighted by atomic mass is 9.91. The quantitative estimate of drug-likeness (QED) is 0.367. The lowest BCUT2D eigenvalue weighted by molar-refractivity contribution is -0.384. The van der Waals surface area contributed by atoms with Crippen LogP contribution in [0.1, 0.15) is 16.8 Å². The molecule has 6 nitrogen and oxygen atoms in total. The fourth-order valence-electron chi connectivity index (χ4n) is 1.87. The van der Waals surface area contributed by atoms with Gasteiger partial charge in [-0.3, -0.25) is 19.7 Å². The second-order valence-corrected chi connectivity index (χ2v) is 4.54. The van der Waals surface area contributed by atoms with E-state index in [9.17, 15) is 19.7 Å². The highest BCUT2D eigenvalue weighted by Gasteiger charge is 2.31. The third-order valence-electron chi connectivity index (χ3n) is 2.91. The van der Waals surface area contributed by atoms with Gasteiger partial charge in [-0.25, -0.2) is 0 Å². The van der Waals surface area contributed by atoms with Gasteiger partial charge < -0.3 is 4.74 Å². The highest BCUT2D eigenvalue weighted by Crippen LogP contribution is 2.26. The summed E-state index contributed by atoms with van der Waals surface area (Å²) in [5.74, 6) is -1.51. The minimum atomic E-state index is -0.868. The Labute approximate surface area is 113 Å². The highest BCUT2D eigenvalue weighted by atomic mass is 35.5. The van der Waals surface area contributed by atoms with Crippen molar-refractivity contribution in [2.75, 3.05) is 13.2 Å². The molecule has 1 aromatic rings. The van der Waals surface area contributed by atoms with Gasteiger partial charge in [-0.1, -0.05) is 11.6 Å². The zero-order valence-corrected chi connectivity index (χ0v) is 10.6. The van der Waals surface area contributed by atoms with Crippen molar-refractivity contribution in [3.8, 4) is 0 Å². The van der Waals surface area contributed by atoms with Crippen LogP contribution in [0.25, 0.3) is 0 Å². The molecule has 1 aliphatic rings. The Morgan fingerprint density at radius 2 is 2.21 bits per heavy atom. The van der Waals surface area contributed by atoms with Gasteiger partial charge in [0.1, 0.15) is 11.7 Å². The number of ketones is 2. The predicted octanol–water partition coefficient (Wildman–Crippen LogP) is 2.04. The molecule has 1 aliphatic heterocycles. The van der Waals surface area contributed by atoms with Gasteiger partial charge in [0, 0.05) is 24.1 Å². The smallest absolute Gasteiger partial charge is 0.270 e. The summed E-state index contributed by atoms with van der Waals surface area (Å²) < 4.78 is 5.10. The second-order valence-electron chi connectivity index (χ2n) is 4.13. The molecule has 0 bridgehead atoms. The minimum absolute atomic E-state index is 0.0300. The molecule has 100 valence electrons. The summed E-state index contributed by atoms with van der Waals surface area (Å²) in [6.07, 6.45) is 0.195. The summed E-state index contributed by atoms with van der Waals surface area (Å²) in [6, 6.07) is 3.56. The van der Waals surface area contributed by atoms with E-state index in [1.54, 1.807) is 0 Å². The van der Waals surface area contributed by atoms with Crippen LogP contribution in [0.2, 0.25) is 5.02 Å². The van der Waals surface area contributed by atoms with Crippen molar-refractivity contribution in [2.24, 2.45) is 5.92 Å². The third-order valence-corrected chi connectivity index (χ3v) is 3.22. The monoisotopic (exact) mass is 283 g/mol. The first kappa shape index (κ1) is 13.6. The van der Waals surface area contributed by atoms with Crippen molar-refractivity contribution >= 4 is 28.9 Å². The van der Waals surface area contributed by atoms with E-state index in [1.165, 1.54) is 12.1 Å². The number of nitro groups is 1. The first-order valence-electron chi connectivity index (χ1n) is 5.59. The first-order valence-corrected chi connectivity index (χ1v) is 5.97. The molecular weight excluding hydrogens is 274 g/mol. The van der Waals surface area contributed by atoms with Crippen LogP contribution in [0.5, 0.6) is 0 Å². The van der Waals surface area contributed by atoms with Gasteiger partial charge in [0.05, 0.1) is 23.2 Å². The van der Waals surface area contributed by atoms with Crippen molar-refractivity contribution in [1.29, 1.82) is 0 Å². The number of nitrogens with zero attached hydrogens (tertiary/aromatic N) is 1. The number of benzene rings is 1. The van der Waals surface area contributed by atoms with Gasteiger partial charge in [-0.15, -0.1) is 0 Å². The maximum Gasteiger partial charge on any atom is 0.270 e. The van der Waals surface area contributed by atoms with Crippen molar-refractivity contribution in [3.63, 3.8) is 0 Å². The maximum atomic E-state index is 12.2. The Morgan fingerprint density at radius 1 is 1.47 bits per heavy atom. The molecule has 1 heterocycles. The number of nitro benzene ring substituents is 1. The molecule has 0 aliphatic carbocycles. The van der Waals surface area contributed by atoms with Crippen LogP contribution in [0.3, 0.4) is 0 Å². The van der Waals surface area contributed by atoms with Crippen LogP contribution < -0.4 is 0 Å². The van der Waals surface area contributed by atoms with Gasteiger partial charge in [0.15, 0.2) is 5.78 Å². The van der Waals surface area contributed by atoms with Gasteiger partial charge >= 0.3 is 0 Å². The molecule has 1 aromatic carbocycles. The predicted molar refractivity (Wildman–Crippen MR) is 66.4 cm³/mol. The lowest BCUT2D eigenvalue weighted by Gasteiger charge is -2.20. The molecule has 1 atom stereocenters. The molecule has 0 saturated carbocycles. The van der Waals surface area contributed by atoms with Gasteiger partial charge in [-0.2, -0.15) is 0 Å². The molecule has 19 heavy (non-hydrogen) atoms. The molecule has 1 unspecified atom stereocenters. The fraction of sp³-hybridized carbons (Fsp3) is 0.333. The van der Waals surface area contributed by atoms with Gasteiger partial charge in [-0.05, 0) is 6.07 Å². The maximum absolute atomic E-state index is 12.2. The number of carbonyl (C=O) groups excluding carboxylic acids is 2. The highest BCUT2D eigenvalue weighted by molar-refractivity contribution is 6.34.